The van der Waals surface area contributed by atoms with Gasteiger partial charge in [-0.3, -0.25) is 9.59 Å². The van der Waals surface area contributed by atoms with Crippen LogP contribution in [0.1, 0.15) is 366 Å². The molecule has 718 valence electrons. The Kier molecular flexibility index (Phi) is 33.1. The van der Waals surface area contributed by atoms with E-state index in [0.717, 1.165) is 181 Å². The fourth-order valence-corrected chi connectivity index (χ4v) is 42.6. The average molecular weight is 1850 g/mol. The fraction of sp³-hybridized carbons (Fsp3) is 0.795. The molecule has 19 rings (SSSR count). The maximum Gasteiger partial charge on any atom is 0.139 e. The molecular weight excluding hydrogens is 1660 g/mol. The molecule has 0 aromatic heterocycles. The van der Waals surface area contributed by atoms with E-state index in [2.05, 4.69) is 256 Å². The summed E-state index contributed by atoms with van der Waals surface area (Å²) < 4.78 is 0. The van der Waals surface area contributed by atoms with Crippen molar-refractivity contribution in [2.24, 2.45) is 174 Å². The number of carbonyl (C=O) groups is 2. The third kappa shape index (κ3) is 18.8. The molecule has 0 heterocycles. The number of hydrogen-bond acceptors (Lipinski definition) is 7. The number of benzene rings is 3. The number of terminal acetylenes is 1. The molecule has 3 aromatic rings. The number of rotatable bonds is 6. The first kappa shape index (κ1) is 106. The number of allylic oxidation sites excluding steroid dienone is 2. The van der Waals surface area contributed by atoms with Crippen LogP contribution in [0.5, 0.6) is 0 Å². The van der Waals surface area contributed by atoms with Crippen molar-refractivity contribution in [3.05, 3.63) is 103 Å². The Morgan fingerprint density at radius 1 is 0.433 bits per heavy atom. The third-order valence-corrected chi connectivity index (χ3v) is 53.3. The van der Waals surface area contributed by atoms with Gasteiger partial charge in [0, 0.05) is 17.8 Å². The molecule has 16 fully saturated rings. The van der Waals surface area contributed by atoms with Crippen LogP contribution in [0.2, 0.25) is 0 Å². The van der Waals surface area contributed by atoms with Crippen LogP contribution in [0.25, 0.3) is 0 Å². The SMILES string of the molecule is C.C.C.C#C.C/C=C1/CC[C@H]2[C@@H]3[C@H](C)C[C@H]4C[C@](C)(O)CC[C@]4(C)[C@H]3CC[C@]12C.CC(=O)[C@H]1CC[C@H]2[C@@H]3[C@H](C)C[C@H]4C[C@](C)(O)CC[C@]4(C)[C@H]3CC[C@]12C.CC(O)[C@H]1CC[C@H]2[C@@H]3[C@H](C)C[C@H]4C[C@](C)(O)CC[C@]4(C)[C@H]3CC[C@]12C.CCP(Br)(c1ccccc1)(c1ccccc1)c1ccccc1.CPC.C[C@@H]1C[C@H]2C[C@](C)(O)CC[C@]2(C)[C@H]2CC[C@]3(C)C(=O)CC[C@H]3[C@H]12. The molecule has 0 amide bonds. The quantitative estimate of drug-likeness (QED) is 0.0942. The van der Waals surface area contributed by atoms with Gasteiger partial charge in [-0.2, -0.15) is 0 Å². The van der Waals surface area contributed by atoms with E-state index in [0.29, 0.717) is 85.5 Å². The molecule has 35 atom stereocenters. The standard InChI is InChI=1S/C23H40O2.C23H38O2.C23H38O.C21H34O2.C20H20BrP.C2H7P.C2H2.3CH4/c2*1-14-12-16-13-21(3,25)10-11-22(16,4)19-8-9-23(5)17(15(2)24)6-7-18(23)20(14)19;1-6-16-7-8-18-20-15(2)13-17-14-21(3,24)11-12-23(17,5)19(20)9-10-22(16,18)4;1-13-11-14-12-19(2,23)9-10-20(14,3)16-7-8-21(4)15(18(13)16)5-6-17(21)22;1-2-22(21,18-12-6-3-7-13-18,19-14-8-4-9-15-19)20-16-10-5-11-17-20;1-3-2;1-2;;;/h14-20,24-25H,6-13H2,1-5H3;14,16-20,25H,6-13H2,1-5H3;6,15,17-20,24H,7-14H2,1-5H3;13-16,18,23H,5-12H2,1-4H3;3-17H,2H2,1H3;3H,1-2H3;1-2H;3*1H4/b;;16-6-;;;;;;;/t14-,15?,16+,17-,18+,19+,20+,21-,22+,23-;14-,16+,17-,18+,19+,20+,21-,22+,23-;15-,17+,18+,19+,20+,21-,22-,23+;13-,14+,15+,16+,18+,19-,20+,21+;;;;;;/m1111....../s1. The van der Waals surface area contributed by atoms with Gasteiger partial charge in [0.1, 0.15) is 11.6 Å². The molecule has 0 bridgehead atoms. The molecule has 7 nitrogen and oxygen atoms in total. The Hall–Kier alpha value is -2.56. The van der Waals surface area contributed by atoms with Gasteiger partial charge in [-0.25, -0.2) is 0 Å². The molecule has 127 heavy (non-hydrogen) atoms. The van der Waals surface area contributed by atoms with Crippen LogP contribution in [0.3, 0.4) is 0 Å². The molecule has 0 saturated heterocycles. The molecule has 3 aromatic carbocycles. The zero-order valence-corrected chi connectivity index (χ0v) is 85.9. The first-order valence-corrected chi connectivity index (χ1v) is 57.7. The number of Topliss-reactive ketones (excluding diaryl/α,β-unsaturated/α-hetero) is 2. The summed E-state index contributed by atoms with van der Waals surface area (Å²) in [5.41, 5.74) is 2.82. The minimum atomic E-state index is -2.59. The van der Waals surface area contributed by atoms with E-state index < -0.39 is 27.7 Å². The first-order chi connectivity index (χ1) is 58.2. The number of halogens is 1. The van der Waals surface area contributed by atoms with Gasteiger partial charge < -0.3 is 25.5 Å². The van der Waals surface area contributed by atoms with E-state index in [4.69, 9.17) is 0 Å². The van der Waals surface area contributed by atoms with E-state index in [1.807, 2.05) is 20.8 Å². The van der Waals surface area contributed by atoms with E-state index >= 15 is 0 Å². The Bertz CT molecular complexity index is 4090. The van der Waals surface area contributed by atoms with E-state index in [1.54, 1.807) is 5.57 Å². The molecule has 0 radical (unpaired) electrons. The van der Waals surface area contributed by atoms with Gasteiger partial charge in [0.15, 0.2) is 0 Å². The van der Waals surface area contributed by atoms with Crippen LogP contribution < -0.4 is 15.9 Å². The molecule has 0 aliphatic heterocycles. The molecule has 16 aliphatic carbocycles. The number of ketones is 2. The second-order valence-corrected chi connectivity index (χ2v) is 59.9. The van der Waals surface area contributed by atoms with Crippen molar-refractivity contribution in [1.29, 1.82) is 0 Å². The molecule has 5 N–H and O–H groups in total. The largest absolute Gasteiger partial charge is 0.390 e. The van der Waals surface area contributed by atoms with Crippen LogP contribution in [0.15, 0.2) is 103 Å². The van der Waals surface area contributed by atoms with Gasteiger partial charge in [-0.05, 0) is 423 Å². The number of fused-ring (bicyclic) bond motifs is 20. The normalized spacial score (nSPS) is 47.5. The van der Waals surface area contributed by atoms with Crippen LogP contribution in [-0.4, -0.2) is 85.1 Å². The summed E-state index contributed by atoms with van der Waals surface area (Å²) in [6, 6.07) is 32.7. The van der Waals surface area contributed by atoms with Crippen molar-refractivity contribution < 1.29 is 35.1 Å². The molecule has 0 spiro atoms. The second kappa shape index (κ2) is 39.5. The van der Waals surface area contributed by atoms with Crippen LogP contribution in [0, 0.1) is 186 Å². The number of hydrogen-bond donors (Lipinski definition) is 5. The molecule has 16 saturated carbocycles. The second-order valence-electron chi connectivity index (χ2n) is 49.6. The molecular formula is C117H191BrO7P2. The van der Waals surface area contributed by atoms with Crippen LogP contribution >= 0.6 is 29.4 Å². The fourth-order valence-electron chi connectivity index (χ4n) is 36.1. The van der Waals surface area contributed by atoms with Crippen LogP contribution in [0.4, 0.5) is 0 Å². The Morgan fingerprint density at radius 3 is 1.06 bits per heavy atom. The van der Waals surface area contributed by atoms with Crippen LogP contribution in [-0.2, 0) is 9.59 Å². The smallest absolute Gasteiger partial charge is 0.139 e. The van der Waals surface area contributed by atoms with E-state index in [9.17, 15) is 35.1 Å². The summed E-state index contributed by atoms with van der Waals surface area (Å²) in [6.07, 6.45) is 49.4. The van der Waals surface area contributed by atoms with Gasteiger partial charge in [0.25, 0.3) is 0 Å². The Morgan fingerprint density at radius 2 is 0.724 bits per heavy atom. The van der Waals surface area contributed by atoms with Crippen molar-refractivity contribution in [2.75, 3.05) is 19.5 Å². The first-order valence-electron chi connectivity index (χ1n) is 51.3. The summed E-state index contributed by atoms with van der Waals surface area (Å²) >= 11 is 4.35. The number of aliphatic hydroxyl groups excluding tert-OH is 1. The third-order valence-electron chi connectivity index (χ3n) is 42.8. The summed E-state index contributed by atoms with van der Waals surface area (Å²) in [6.45, 7) is 51.0. The minimum absolute atomic E-state index is 0. The predicted molar refractivity (Wildman–Crippen MR) is 551 cm³/mol. The van der Waals surface area contributed by atoms with Crippen molar-refractivity contribution in [3.63, 3.8) is 0 Å². The average Bonchev–Trinajstić information content (AvgIpc) is 1.69. The summed E-state index contributed by atoms with van der Waals surface area (Å²) in [4.78, 5) is 24.8. The van der Waals surface area contributed by atoms with Gasteiger partial charge in [-0.1, -0.05) is 117 Å². The topological polar surface area (TPSA) is 135 Å². The van der Waals surface area contributed by atoms with Crippen molar-refractivity contribution in [2.45, 2.75) is 395 Å². The van der Waals surface area contributed by atoms with E-state index in [1.165, 1.54) is 144 Å². The summed E-state index contributed by atoms with van der Waals surface area (Å²) in [5.74, 6) is 17.4. The summed E-state index contributed by atoms with van der Waals surface area (Å²) in [7, 11) is 1.08. The van der Waals surface area contributed by atoms with Gasteiger partial charge in [0.2, 0.25) is 0 Å². The van der Waals surface area contributed by atoms with Crippen molar-refractivity contribution in [1.82, 2.24) is 0 Å². The molecule has 1 unspecified atom stereocenters. The van der Waals surface area contributed by atoms with Gasteiger partial charge >= 0.3 is 141 Å². The van der Waals surface area contributed by atoms with Crippen molar-refractivity contribution >= 4 is 56.9 Å². The predicted octanol–water partition coefficient (Wildman–Crippen LogP) is 28.8. The van der Waals surface area contributed by atoms with Gasteiger partial charge in [0.05, 0.1) is 28.5 Å². The van der Waals surface area contributed by atoms with Gasteiger partial charge in [-0.15, -0.1) is 21.4 Å². The number of aliphatic hydroxyl groups is 5. The Labute approximate surface area is 789 Å². The monoisotopic (exact) mass is 1850 g/mol. The zero-order valence-electron chi connectivity index (χ0n) is 82.4. The Balaban J connectivity index is 0.000000162. The molecule has 10 heteroatoms. The summed E-state index contributed by atoms with van der Waals surface area (Å²) in [5, 5.41) is 54.5. The van der Waals surface area contributed by atoms with Crippen molar-refractivity contribution in [3.8, 4) is 12.8 Å². The number of carbonyl (C=O) groups excluding carboxylic acids is 2. The zero-order chi connectivity index (χ0) is 90.5. The maximum atomic E-state index is 12.5. The minimum Gasteiger partial charge on any atom is -0.390 e. The molecule has 16 aliphatic rings. The maximum absolute atomic E-state index is 12.5. The van der Waals surface area contributed by atoms with E-state index in [-0.39, 0.29) is 39.2 Å².